The number of hydrogen-bond donors (Lipinski definition) is 1. The predicted molar refractivity (Wildman–Crippen MR) is 85.0 cm³/mol. The minimum absolute atomic E-state index is 0.175. The summed E-state index contributed by atoms with van der Waals surface area (Å²) in [6.45, 7) is 10.8. The summed E-state index contributed by atoms with van der Waals surface area (Å²) >= 11 is 0. The number of benzene rings is 1. The lowest BCUT2D eigenvalue weighted by molar-refractivity contribution is -0.0292. The first-order valence-corrected chi connectivity index (χ1v) is 7.95. The van der Waals surface area contributed by atoms with E-state index in [2.05, 4.69) is 57.3 Å². The summed E-state index contributed by atoms with van der Waals surface area (Å²) in [5.74, 6) is 0.579. The molecule has 1 aliphatic rings. The van der Waals surface area contributed by atoms with Crippen molar-refractivity contribution >= 4 is 0 Å². The van der Waals surface area contributed by atoms with Gasteiger partial charge in [-0.2, -0.15) is 0 Å². The van der Waals surface area contributed by atoms with E-state index in [9.17, 15) is 0 Å². The minimum Gasteiger partial charge on any atom is -0.373 e. The average molecular weight is 275 g/mol. The van der Waals surface area contributed by atoms with Crippen LogP contribution in [0.4, 0.5) is 0 Å². The van der Waals surface area contributed by atoms with Crippen molar-refractivity contribution in [1.29, 1.82) is 0 Å². The van der Waals surface area contributed by atoms with Crippen molar-refractivity contribution in [3.05, 3.63) is 35.4 Å². The minimum atomic E-state index is 0.175. The first kappa shape index (κ1) is 15.5. The van der Waals surface area contributed by atoms with Gasteiger partial charge in [0.25, 0.3) is 0 Å². The highest BCUT2D eigenvalue weighted by Crippen LogP contribution is 2.33. The summed E-state index contributed by atoms with van der Waals surface area (Å²) in [7, 11) is 0. The van der Waals surface area contributed by atoms with E-state index < -0.39 is 0 Å². The zero-order valence-electron chi connectivity index (χ0n) is 13.4. The lowest BCUT2D eigenvalue weighted by Crippen LogP contribution is -2.41. The van der Waals surface area contributed by atoms with E-state index >= 15 is 0 Å². The second-order valence-corrected chi connectivity index (χ2v) is 6.92. The van der Waals surface area contributed by atoms with E-state index in [-0.39, 0.29) is 11.6 Å². The Balaban J connectivity index is 2.05. The van der Waals surface area contributed by atoms with Crippen LogP contribution in [0.2, 0.25) is 0 Å². The van der Waals surface area contributed by atoms with Gasteiger partial charge in [0, 0.05) is 24.6 Å². The van der Waals surface area contributed by atoms with Crippen LogP contribution in [0.3, 0.4) is 0 Å². The number of ether oxygens (including phenoxy) is 1. The van der Waals surface area contributed by atoms with Gasteiger partial charge in [-0.1, -0.05) is 31.2 Å². The van der Waals surface area contributed by atoms with Crippen LogP contribution in [0.5, 0.6) is 0 Å². The van der Waals surface area contributed by atoms with Gasteiger partial charge in [-0.15, -0.1) is 0 Å². The molecule has 1 N–H and O–H groups in total. The van der Waals surface area contributed by atoms with Crippen LogP contribution >= 0.6 is 0 Å². The highest BCUT2D eigenvalue weighted by Gasteiger charge is 2.28. The largest absolute Gasteiger partial charge is 0.373 e. The van der Waals surface area contributed by atoms with Crippen molar-refractivity contribution in [1.82, 2.24) is 5.32 Å². The van der Waals surface area contributed by atoms with Crippen LogP contribution < -0.4 is 5.32 Å². The Morgan fingerprint density at radius 1 is 1.20 bits per heavy atom. The number of nitrogens with one attached hydrogen (secondary N) is 1. The standard InChI is InChI=1S/C18H29NO/c1-5-14-8-10-15(11-9-14)17-16(7-6-12-20-17)13-19-18(2,3)4/h8-11,16-17,19H,5-7,12-13H2,1-4H3. The van der Waals surface area contributed by atoms with Crippen LogP contribution in [0, 0.1) is 5.92 Å². The second-order valence-electron chi connectivity index (χ2n) is 6.92. The third-order valence-corrected chi connectivity index (χ3v) is 4.06. The predicted octanol–water partition coefficient (Wildman–Crippen LogP) is 4.10. The van der Waals surface area contributed by atoms with Gasteiger partial charge in [0.15, 0.2) is 0 Å². The normalized spacial score (nSPS) is 23.8. The molecule has 0 amide bonds. The fourth-order valence-corrected chi connectivity index (χ4v) is 2.80. The monoisotopic (exact) mass is 275 g/mol. The maximum Gasteiger partial charge on any atom is 0.0865 e. The topological polar surface area (TPSA) is 21.3 Å². The van der Waals surface area contributed by atoms with Gasteiger partial charge >= 0.3 is 0 Å². The van der Waals surface area contributed by atoms with E-state index in [1.165, 1.54) is 24.0 Å². The van der Waals surface area contributed by atoms with Gasteiger partial charge in [0.2, 0.25) is 0 Å². The van der Waals surface area contributed by atoms with E-state index in [0.717, 1.165) is 19.6 Å². The Labute approximate surface area is 123 Å². The smallest absolute Gasteiger partial charge is 0.0865 e. The zero-order valence-corrected chi connectivity index (χ0v) is 13.4. The molecule has 2 atom stereocenters. The molecule has 2 nitrogen and oxygen atoms in total. The molecule has 2 unspecified atom stereocenters. The van der Waals surface area contributed by atoms with Crippen LogP contribution in [-0.4, -0.2) is 18.7 Å². The molecule has 1 saturated heterocycles. The summed E-state index contributed by atoms with van der Waals surface area (Å²) in [6.07, 6.45) is 3.79. The molecule has 20 heavy (non-hydrogen) atoms. The van der Waals surface area contributed by atoms with Crippen molar-refractivity contribution in [2.24, 2.45) is 5.92 Å². The van der Waals surface area contributed by atoms with Gasteiger partial charge in [0.1, 0.15) is 0 Å². The summed E-state index contributed by atoms with van der Waals surface area (Å²) in [5, 5.41) is 3.63. The summed E-state index contributed by atoms with van der Waals surface area (Å²) < 4.78 is 6.08. The van der Waals surface area contributed by atoms with E-state index in [4.69, 9.17) is 4.74 Å². The number of aryl methyl sites for hydroxylation is 1. The van der Waals surface area contributed by atoms with Gasteiger partial charge in [-0.3, -0.25) is 0 Å². The maximum absolute atomic E-state index is 6.08. The lowest BCUT2D eigenvalue weighted by atomic mass is 9.88. The Hall–Kier alpha value is -0.860. The van der Waals surface area contributed by atoms with Crippen LogP contribution in [0.25, 0.3) is 0 Å². The molecule has 112 valence electrons. The van der Waals surface area contributed by atoms with Gasteiger partial charge in [0.05, 0.1) is 6.10 Å². The Morgan fingerprint density at radius 2 is 1.90 bits per heavy atom. The molecule has 1 fully saturated rings. The number of rotatable bonds is 4. The van der Waals surface area contributed by atoms with E-state index in [0.29, 0.717) is 5.92 Å². The molecule has 0 spiro atoms. The first-order valence-electron chi connectivity index (χ1n) is 7.95. The molecular formula is C18H29NO. The molecule has 0 radical (unpaired) electrons. The molecule has 0 bridgehead atoms. The summed E-state index contributed by atoms with van der Waals surface area (Å²) in [6, 6.07) is 8.97. The van der Waals surface area contributed by atoms with Crippen molar-refractivity contribution in [3.63, 3.8) is 0 Å². The Kier molecular flexibility index (Phi) is 5.22. The van der Waals surface area contributed by atoms with Crippen molar-refractivity contribution < 1.29 is 4.74 Å². The summed E-state index contributed by atoms with van der Waals surface area (Å²) in [4.78, 5) is 0. The lowest BCUT2D eigenvalue weighted by Gasteiger charge is -2.34. The molecule has 1 aromatic rings. The molecule has 2 rings (SSSR count). The van der Waals surface area contributed by atoms with Gasteiger partial charge in [-0.25, -0.2) is 0 Å². The highest BCUT2D eigenvalue weighted by molar-refractivity contribution is 5.25. The van der Waals surface area contributed by atoms with Crippen molar-refractivity contribution in [3.8, 4) is 0 Å². The van der Waals surface area contributed by atoms with Crippen molar-refractivity contribution in [2.45, 2.75) is 58.6 Å². The van der Waals surface area contributed by atoms with E-state index in [1.54, 1.807) is 0 Å². The Bertz CT molecular complexity index is 404. The van der Waals surface area contributed by atoms with Crippen LogP contribution in [-0.2, 0) is 11.2 Å². The third kappa shape index (κ3) is 4.32. The maximum atomic E-state index is 6.08. The molecular weight excluding hydrogens is 246 g/mol. The van der Waals surface area contributed by atoms with Crippen LogP contribution in [0.15, 0.2) is 24.3 Å². The molecule has 2 heteroatoms. The van der Waals surface area contributed by atoms with Gasteiger partial charge in [-0.05, 0) is 51.2 Å². The zero-order chi connectivity index (χ0) is 14.6. The highest BCUT2D eigenvalue weighted by atomic mass is 16.5. The molecule has 0 aromatic heterocycles. The first-order chi connectivity index (χ1) is 9.49. The molecule has 1 aliphatic heterocycles. The molecule has 0 aliphatic carbocycles. The fraction of sp³-hybridized carbons (Fsp3) is 0.667. The third-order valence-electron chi connectivity index (χ3n) is 4.06. The molecule has 1 heterocycles. The Morgan fingerprint density at radius 3 is 2.50 bits per heavy atom. The van der Waals surface area contributed by atoms with Crippen LogP contribution in [0.1, 0.15) is 57.8 Å². The second kappa shape index (κ2) is 6.73. The average Bonchev–Trinajstić information content (AvgIpc) is 2.45. The summed E-state index contributed by atoms with van der Waals surface area (Å²) in [5.41, 5.74) is 2.91. The number of hydrogen-bond acceptors (Lipinski definition) is 2. The quantitative estimate of drug-likeness (QED) is 0.893. The molecule has 0 saturated carbocycles. The van der Waals surface area contributed by atoms with E-state index in [1.807, 2.05) is 0 Å². The molecule has 1 aromatic carbocycles. The SMILES string of the molecule is CCc1ccc(C2OCCCC2CNC(C)(C)C)cc1. The van der Waals surface area contributed by atoms with Gasteiger partial charge < -0.3 is 10.1 Å². The fourth-order valence-electron chi connectivity index (χ4n) is 2.80. The van der Waals surface area contributed by atoms with Crippen molar-refractivity contribution in [2.75, 3.05) is 13.2 Å².